The smallest absolute Gasteiger partial charge is 0.227 e. The molecule has 2 aliphatic heterocycles. The van der Waals surface area contributed by atoms with Gasteiger partial charge in [0.15, 0.2) is 0 Å². The van der Waals surface area contributed by atoms with Crippen molar-refractivity contribution in [3.05, 3.63) is 11.8 Å². The first-order chi connectivity index (χ1) is 10.7. The van der Waals surface area contributed by atoms with Crippen LogP contribution in [0.5, 0.6) is 0 Å². The fourth-order valence-electron chi connectivity index (χ4n) is 3.76. The molecule has 4 nitrogen and oxygen atoms in total. The molecule has 2 fully saturated rings. The van der Waals surface area contributed by atoms with Crippen LogP contribution in [0.1, 0.15) is 58.1 Å². The second kappa shape index (κ2) is 6.84. The van der Waals surface area contributed by atoms with Gasteiger partial charge in [0.1, 0.15) is 5.82 Å². The van der Waals surface area contributed by atoms with E-state index in [4.69, 9.17) is 9.97 Å². The minimum Gasteiger partial charge on any atom is -0.353 e. The molecule has 1 unspecified atom stereocenters. The van der Waals surface area contributed by atoms with Crippen LogP contribution in [0.2, 0.25) is 0 Å². The Morgan fingerprint density at radius 1 is 1.09 bits per heavy atom. The Kier molecular flexibility index (Phi) is 4.84. The van der Waals surface area contributed by atoms with Crippen molar-refractivity contribution in [1.29, 1.82) is 0 Å². The highest BCUT2D eigenvalue weighted by Gasteiger charge is 2.24. The summed E-state index contributed by atoms with van der Waals surface area (Å²) in [6.07, 6.45) is 7.67. The summed E-state index contributed by atoms with van der Waals surface area (Å²) < 4.78 is 0. The largest absolute Gasteiger partial charge is 0.353 e. The molecule has 22 heavy (non-hydrogen) atoms. The van der Waals surface area contributed by atoms with Gasteiger partial charge in [-0.1, -0.05) is 13.8 Å². The first-order valence-electron chi connectivity index (χ1n) is 9.04. The maximum Gasteiger partial charge on any atom is 0.227 e. The minimum atomic E-state index is 0.650. The third kappa shape index (κ3) is 3.36. The number of aromatic nitrogens is 2. The molecule has 0 bridgehead atoms. The van der Waals surface area contributed by atoms with E-state index >= 15 is 0 Å². The zero-order valence-corrected chi connectivity index (χ0v) is 14.4. The molecule has 2 saturated heterocycles. The Morgan fingerprint density at radius 2 is 1.86 bits per heavy atom. The van der Waals surface area contributed by atoms with Gasteiger partial charge in [-0.3, -0.25) is 0 Å². The lowest BCUT2D eigenvalue weighted by molar-refractivity contribution is 0.432. The Morgan fingerprint density at radius 3 is 2.59 bits per heavy atom. The third-order valence-corrected chi connectivity index (χ3v) is 5.29. The minimum absolute atomic E-state index is 0.650. The SMILES string of the molecule is CCC1CCCCN1c1cc(C)nc(N2CCC(C)CC2)n1. The van der Waals surface area contributed by atoms with Gasteiger partial charge in [-0.2, -0.15) is 4.98 Å². The molecule has 1 atom stereocenters. The predicted octanol–water partition coefficient (Wildman–Crippen LogP) is 3.79. The Bertz CT molecular complexity index is 494. The molecule has 1 aromatic rings. The van der Waals surface area contributed by atoms with Gasteiger partial charge in [-0.15, -0.1) is 0 Å². The lowest BCUT2D eigenvalue weighted by Gasteiger charge is -2.37. The molecule has 0 aliphatic carbocycles. The summed E-state index contributed by atoms with van der Waals surface area (Å²) in [6, 6.07) is 2.82. The maximum atomic E-state index is 4.94. The van der Waals surface area contributed by atoms with Gasteiger partial charge in [-0.05, 0) is 51.4 Å². The molecule has 0 aromatic carbocycles. The Hall–Kier alpha value is -1.32. The van der Waals surface area contributed by atoms with Crippen LogP contribution in [0.3, 0.4) is 0 Å². The summed E-state index contributed by atoms with van der Waals surface area (Å²) in [5.74, 6) is 2.93. The summed E-state index contributed by atoms with van der Waals surface area (Å²) in [7, 11) is 0. The summed E-state index contributed by atoms with van der Waals surface area (Å²) in [4.78, 5) is 14.6. The molecule has 3 heterocycles. The molecular formula is C18H30N4. The quantitative estimate of drug-likeness (QED) is 0.850. The van der Waals surface area contributed by atoms with E-state index in [0.717, 1.165) is 43.0 Å². The molecular weight excluding hydrogens is 272 g/mol. The predicted molar refractivity (Wildman–Crippen MR) is 92.7 cm³/mol. The van der Waals surface area contributed by atoms with Crippen molar-refractivity contribution in [1.82, 2.24) is 9.97 Å². The van der Waals surface area contributed by atoms with E-state index in [1.54, 1.807) is 0 Å². The van der Waals surface area contributed by atoms with Gasteiger partial charge in [0, 0.05) is 37.4 Å². The normalized spacial score (nSPS) is 23.9. The van der Waals surface area contributed by atoms with Crippen molar-refractivity contribution in [3.63, 3.8) is 0 Å². The molecule has 1 aromatic heterocycles. The lowest BCUT2D eigenvalue weighted by Crippen LogP contribution is -2.40. The number of anilines is 2. The highest BCUT2D eigenvalue weighted by Crippen LogP contribution is 2.28. The zero-order chi connectivity index (χ0) is 15.5. The molecule has 0 amide bonds. The van der Waals surface area contributed by atoms with Crippen molar-refractivity contribution in [3.8, 4) is 0 Å². The number of nitrogens with zero attached hydrogens (tertiary/aromatic N) is 4. The number of piperidine rings is 2. The summed E-state index contributed by atoms with van der Waals surface area (Å²) >= 11 is 0. The average molecular weight is 302 g/mol. The molecule has 3 rings (SSSR count). The van der Waals surface area contributed by atoms with E-state index in [2.05, 4.69) is 36.6 Å². The monoisotopic (exact) mass is 302 g/mol. The Balaban J connectivity index is 1.83. The molecule has 4 heteroatoms. The van der Waals surface area contributed by atoms with Gasteiger partial charge < -0.3 is 9.80 Å². The van der Waals surface area contributed by atoms with E-state index in [-0.39, 0.29) is 0 Å². The van der Waals surface area contributed by atoms with Gasteiger partial charge in [-0.25, -0.2) is 4.98 Å². The molecule has 0 saturated carbocycles. The van der Waals surface area contributed by atoms with Crippen LogP contribution in [-0.2, 0) is 0 Å². The van der Waals surface area contributed by atoms with E-state index < -0.39 is 0 Å². The van der Waals surface area contributed by atoms with Crippen LogP contribution < -0.4 is 9.80 Å². The first kappa shape index (κ1) is 15.6. The van der Waals surface area contributed by atoms with Crippen LogP contribution in [0.15, 0.2) is 6.07 Å². The second-order valence-corrected chi connectivity index (χ2v) is 7.09. The van der Waals surface area contributed by atoms with Crippen LogP contribution >= 0.6 is 0 Å². The van der Waals surface area contributed by atoms with Gasteiger partial charge in [0.2, 0.25) is 5.95 Å². The van der Waals surface area contributed by atoms with Crippen LogP contribution in [0.4, 0.5) is 11.8 Å². The van der Waals surface area contributed by atoms with Gasteiger partial charge in [0.05, 0.1) is 0 Å². The fourth-order valence-corrected chi connectivity index (χ4v) is 3.76. The summed E-state index contributed by atoms with van der Waals surface area (Å²) in [6.45, 7) is 10.1. The van der Waals surface area contributed by atoms with Crippen molar-refractivity contribution in [2.24, 2.45) is 5.92 Å². The van der Waals surface area contributed by atoms with Crippen LogP contribution in [0.25, 0.3) is 0 Å². The van der Waals surface area contributed by atoms with E-state index in [0.29, 0.717) is 6.04 Å². The van der Waals surface area contributed by atoms with Gasteiger partial charge >= 0.3 is 0 Å². The van der Waals surface area contributed by atoms with Crippen LogP contribution in [0, 0.1) is 12.8 Å². The average Bonchev–Trinajstić information content (AvgIpc) is 2.55. The van der Waals surface area contributed by atoms with Gasteiger partial charge in [0.25, 0.3) is 0 Å². The van der Waals surface area contributed by atoms with Crippen molar-refractivity contribution in [2.75, 3.05) is 29.4 Å². The standard InChI is InChI=1S/C18H30N4/c1-4-16-7-5-6-10-22(16)17-13-15(3)19-18(20-17)21-11-8-14(2)9-12-21/h13-14,16H,4-12H2,1-3H3. The molecule has 0 N–H and O–H groups in total. The molecule has 0 radical (unpaired) electrons. The number of rotatable bonds is 3. The Labute approximate surface area is 134 Å². The fraction of sp³-hybridized carbons (Fsp3) is 0.778. The number of hydrogen-bond acceptors (Lipinski definition) is 4. The zero-order valence-electron chi connectivity index (χ0n) is 14.4. The van der Waals surface area contributed by atoms with Crippen molar-refractivity contribution >= 4 is 11.8 Å². The van der Waals surface area contributed by atoms with E-state index in [1.807, 2.05) is 0 Å². The van der Waals surface area contributed by atoms with Crippen LogP contribution in [-0.4, -0.2) is 35.6 Å². The number of hydrogen-bond donors (Lipinski definition) is 0. The summed E-state index contributed by atoms with van der Waals surface area (Å²) in [5.41, 5.74) is 1.10. The topological polar surface area (TPSA) is 32.3 Å². The first-order valence-corrected chi connectivity index (χ1v) is 9.04. The third-order valence-electron chi connectivity index (χ3n) is 5.29. The molecule has 0 spiro atoms. The summed E-state index contributed by atoms with van der Waals surface area (Å²) in [5, 5.41) is 0. The van der Waals surface area contributed by atoms with E-state index in [1.165, 1.54) is 38.5 Å². The molecule has 122 valence electrons. The van der Waals surface area contributed by atoms with Crippen molar-refractivity contribution < 1.29 is 0 Å². The molecule has 2 aliphatic rings. The van der Waals surface area contributed by atoms with Crippen molar-refractivity contribution in [2.45, 2.75) is 65.3 Å². The van der Waals surface area contributed by atoms with E-state index in [9.17, 15) is 0 Å². The highest BCUT2D eigenvalue weighted by molar-refractivity contribution is 5.47. The maximum absolute atomic E-state index is 4.94. The lowest BCUT2D eigenvalue weighted by atomic mass is 9.99. The number of aryl methyl sites for hydroxylation is 1. The second-order valence-electron chi connectivity index (χ2n) is 7.09. The highest BCUT2D eigenvalue weighted by atomic mass is 15.3.